The number of pyridine rings is 1. The maximum absolute atomic E-state index is 13.2. The van der Waals surface area contributed by atoms with Crippen molar-refractivity contribution in [3.63, 3.8) is 0 Å². The molecule has 1 fully saturated rings. The quantitative estimate of drug-likeness (QED) is 0.574. The van der Waals surface area contributed by atoms with Gasteiger partial charge in [0.25, 0.3) is 5.91 Å². The number of aromatic nitrogens is 1. The molecule has 1 saturated heterocycles. The predicted molar refractivity (Wildman–Crippen MR) is 112 cm³/mol. The number of sulfonamides is 1. The summed E-state index contributed by atoms with van der Waals surface area (Å²) in [7, 11) is -3.01. The molecular formula is C20H24N4O6S. The first-order valence-corrected chi connectivity index (χ1v) is 11.0. The number of carbonyl (C=O) groups is 2. The Kier molecular flexibility index (Phi) is 6.88. The Bertz CT molecular complexity index is 1060. The third-order valence-corrected chi connectivity index (χ3v) is 6.37. The number of hydrogen-bond acceptors (Lipinski definition) is 7. The third-order valence-electron chi connectivity index (χ3n) is 4.92. The molecule has 1 aliphatic rings. The van der Waals surface area contributed by atoms with E-state index in [1.54, 1.807) is 37.5 Å². The van der Waals surface area contributed by atoms with Crippen LogP contribution in [0.1, 0.15) is 6.92 Å². The number of primary amides is 1. The zero-order valence-electron chi connectivity index (χ0n) is 17.1. The summed E-state index contributed by atoms with van der Waals surface area (Å²) in [6, 6.07) is 5.88. The second-order valence-electron chi connectivity index (χ2n) is 6.99. The second kappa shape index (κ2) is 9.41. The van der Waals surface area contributed by atoms with E-state index in [2.05, 4.69) is 9.71 Å². The summed E-state index contributed by atoms with van der Waals surface area (Å²) < 4.78 is 39.2. The average Bonchev–Trinajstić information content (AvgIpc) is 2.77. The maximum atomic E-state index is 13.2. The molecule has 1 aromatic carbocycles. The van der Waals surface area contributed by atoms with Gasteiger partial charge in [0.05, 0.1) is 26.4 Å². The first kappa shape index (κ1) is 22.7. The molecule has 0 spiro atoms. The fourth-order valence-corrected chi connectivity index (χ4v) is 4.72. The molecule has 11 heteroatoms. The Morgan fingerprint density at radius 3 is 2.61 bits per heavy atom. The molecule has 1 aliphatic heterocycles. The van der Waals surface area contributed by atoms with E-state index in [9.17, 15) is 18.0 Å². The van der Waals surface area contributed by atoms with Crippen LogP contribution in [-0.4, -0.2) is 69.1 Å². The van der Waals surface area contributed by atoms with Gasteiger partial charge < -0.3 is 20.1 Å². The van der Waals surface area contributed by atoms with E-state index in [4.69, 9.17) is 15.2 Å². The molecule has 0 aliphatic carbocycles. The van der Waals surface area contributed by atoms with E-state index in [0.29, 0.717) is 11.1 Å². The standard InChI is InChI=1S/C20H24N4O6S/c1-13-12-30-11-10-24(13)20(26)17(19(21)25)23-31(27,28)16-5-3-4-15(18(16)29-2)14-6-8-22-9-7-14/h3-9,13,17,23H,10-12H2,1-2H3,(H2,21,25)/t13-,17-/m0/s1. The largest absolute Gasteiger partial charge is 0.495 e. The molecule has 0 bridgehead atoms. The number of benzene rings is 1. The highest BCUT2D eigenvalue weighted by atomic mass is 32.2. The van der Waals surface area contributed by atoms with Gasteiger partial charge in [-0.1, -0.05) is 12.1 Å². The van der Waals surface area contributed by atoms with Crippen molar-refractivity contribution in [1.82, 2.24) is 14.6 Å². The van der Waals surface area contributed by atoms with Crippen molar-refractivity contribution in [3.8, 4) is 16.9 Å². The Morgan fingerprint density at radius 1 is 1.29 bits per heavy atom. The Balaban J connectivity index is 1.97. The highest BCUT2D eigenvalue weighted by Gasteiger charge is 2.37. The van der Waals surface area contributed by atoms with E-state index in [-0.39, 0.29) is 36.4 Å². The summed E-state index contributed by atoms with van der Waals surface area (Å²) >= 11 is 0. The molecule has 2 heterocycles. The van der Waals surface area contributed by atoms with Gasteiger partial charge in [0.1, 0.15) is 10.6 Å². The Morgan fingerprint density at radius 2 is 2.00 bits per heavy atom. The van der Waals surface area contributed by atoms with Crippen LogP contribution < -0.4 is 15.2 Å². The van der Waals surface area contributed by atoms with Crippen molar-refractivity contribution >= 4 is 21.8 Å². The minimum absolute atomic E-state index is 0.0663. The van der Waals surface area contributed by atoms with Gasteiger partial charge in [-0.3, -0.25) is 14.6 Å². The van der Waals surface area contributed by atoms with Crippen molar-refractivity contribution in [2.75, 3.05) is 26.9 Å². The molecule has 31 heavy (non-hydrogen) atoms. The van der Waals surface area contributed by atoms with Gasteiger partial charge >= 0.3 is 0 Å². The zero-order chi connectivity index (χ0) is 22.6. The summed E-state index contributed by atoms with van der Waals surface area (Å²) in [4.78, 5) is 30.0. The highest BCUT2D eigenvalue weighted by molar-refractivity contribution is 7.89. The van der Waals surface area contributed by atoms with Gasteiger partial charge in [-0.2, -0.15) is 4.72 Å². The molecular weight excluding hydrogens is 424 g/mol. The van der Waals surface area contributed by atoms with Crippen LogP contribution >= 0.6 is 0 Å². The van der Waals surface area contributed by atoms with Crippen molar-refractivity contribution < 1.29 is 27.5 Å². The number of nitrogens with one attached hydrogen (secondary N) is 1. The van der Waals surface area contributed by atoms with Gasteiger partial charge in [0.15, 0.2) is 6.04 Å². The minimum atomic E-state index is -4.35. The number of nitrogens with zero attached hydrogens (tertiary/aromatic N) is 2. The number of morpholine rings is 1. The molecule has 2 amide bonds. The number of amides is 2. The van der Waals surface area contributed by atoms with E-state index in [1.807, 2.05) is 0 Å². The van der Waals surface area contributed by atoms with Crippen LogP contribution in [0.15, 0.2) is 47.6 Å². The number of rotatable bonds is 7. The number of carbonyl (C=O) groups excluding carboxylic acids is 2. The van der Waals surface area contributed by atoms with Gasteiger partial charge in [0, 0.05) is 24.5 Å². The fraction of sp³-hybridized carbons (Fsp3) is 0.350. The second-order valence-corrected chi connectivity index (χ2v) is 8.67. The van der Waals surface area contributed by atoms with Crippen molar-refractivity contribution in [3.05, 3.63) is 42.7 Å². The summed E-state index contributed by atoms with van der Waals surface area (Å²) in [6.45, 7) is 2.54. The van der Waals surface area contributed by atoms with Crippen LogP contribution in [0.4, 0.5) is 0 Å². The molecule has 2 atom stereocenters. The van der Waals surface area contributed by atoms with Crippen molar-refractivity contribution in [2.24, 2.45) is 5.73 Å². The molecule has 0 radical (unpaired) electrons. The van der Waals surface area contributed by atoms with Crippen LogP contribution in [0.3, 0.4) is 0 Å². The molecule has 3 rings (SSSR count). The van der Waals surface area contributed by atoms with E-state index in [0.717, 1.165) is 0 Å². The summed E-state index contributed by atoms with van der Waals surface area (Å²) in [5.41, 5.74) is 6.58. The number of ether oxygens (including phenoxy) is 2. The normalized spacial score (nSPS) is 17.7. The molecule has 166 valence electrons. The average molecular weight is 449 g/mol. The Hall–Kier alpha value is -3.02. The zero-order valence-corrected chi connectivity index (χ0v) is 18.0. The third kappa shape index (κ3) is 4.84. The van der Waals surface area contributed by atoms with Gasteiger partial charge in [0.2, 0.25) is 15.9 Å². The SMILES string of the molecule is COc1c(-c2ccncc2)cccc1S(=O)(=O)N[C@@H](C(N)=O)C(=O)N1CCOC[C@@H]1C. The number of para-hydroxylation sites is 1. The number of hydrogen-bond donors (Lipinski definition) is 2. The van der Waals surface area contributed by atoms with Crippen LogP contribution in [0.25, 0.3) is 11.1 Å². The summed E-state index contributed by atoms with van der Waals surface area (Å²) in [5.74, 6) is -1.76. The van der Waals surface area contributed by atoms with Crippen LogP contribution in [-0.2, 0) is 24.3 Å². The fourth-order valence-electron chi connectivity index (χ4n) is 3.37. The van der Waals surface area contributed by atoms with E-state index in [1.165, 1.54) is 24.1 Å². The van der Waals surface area contributed by atoms with Crippen LogP contribution in [0, 0.1) is 0 Å². The molecule has 0 saturated carbocycles. The van der Waals surface area contributed by atoms with Gasteiger partial charge in [-0.05, 0) is 30.7 Å². The monoisotopic (exact) mass is 448 g/mol. The first-order chi connectivity index (χ1) is 14.8. The molecule has 1 aromatic heterocycles. The molecule has 2 aromatic rings. The minimum Gasteiger partial charge on any atom is -0.495 e. The molecule has 10 nitrogen and oxygen atoms in total. The first-order valence-electron chi connectivity index (χ1n) is 9.53. The smallest absolute Gasteiger partial charge is 0.250 e. The maximum Gasteiger partial charge on any atom is 0.250 e. The number of methoxy groups -OCH3 is 1. The number of nitrogens with two attached hydrogens (primary N) is 1. The predicted octanol–water partition coefficient (Wildman–Crippen LogP) is 0.137. The molecule has 0 unspecified atom stereocenters. The van der Waals surface area contributed by atoms with Gasteiger partial charge in [-0.15, -0.1) is 0 Å². The van der Waals surface area contributed by atoms with Crippen molar-refractivity contribution in [2.45, 2.75) is 23.9 Å². The van der Waals surface area contributed by atoms with Gasteiger partial charge in [-0.25, -0.2) is 8.42 Å². The van der Waals surface area contributed by atoms with Crippen LogP contribution in [0.2, 0.25) is 0 Å². The lowest BCUT2D eigenvalue weighted by Gasteiger charge is -2.35. The lowest BCUT2D eigenvalue weighted by atomic mass is 10.1. The van der Waals surface area contributed by atoms with E-state index < -0.39 is 27.9 Å². The summed E-state index contributed by atoms with van der Waals surface area (Å²) in [6.07, 6.45) is 3.14. The Labute approximate surface area is 180 Å². The topological polar surface area (TPSA) is 141 Å². The van der Waals surface area contributed by atoms with Crippen molar-refractivity contribution in [1.29, 1.82) is 0 Å². The lowest BCUT2D eigenvalue weighted by molar-refractivity contribution is -0.144. The lowest BCUT2D eigenvalue weighted by Crippen LogP contribution is -2.59. The van der Waals surface area contributed by atoms with E-state index >= 15 is 0 Å². The molecule has 3 N–H and O–H groups in total. The van der Waals surface area contributed by atoms with Crippen LogP contribution in [0.5, 0.6) is 5.75 Å². The highest BCUT2D eigenvalue weighted by Crippen LogP contribution is 2.35. The summed E-state index contributed by atoms with van der Waals surface area (Å²) in [5, 5.41) is 0.